The zero-order valence-corrected chi connectivity index (χ0v) is 27.7. The Morgan fingerprint density at radius 3 is 1.53 bits per heavy atom. The molecular weight excluding hydrogens is 623 g/mol. The van der Waals surface area contributed by atoms with Crippen LogP contribution in [0.5, 0.6) is 0 Å². The van der Waals surface area contributed by atoms with Crippen LogP contribution in [0.4, 0.5) is 17.1 Å². The van der Waals surface area contributed by atoms with Crippen molar-refractivity contribution in [3.63, 3.8) is 0 Å². The fourth-order valence-corrected chi connectivity index (χ4v) is 7.55. The molecule has 0 atom stereocenters. The van der Waals surface area contributed by atoms with Crippen molar-refractivity contribution in [1.82, 2.24) is 0 Å². The van der Waals surface area contributed by atoms with Crippen LogP contribution in [0, 0.1) is 0 Å². The lowest BCUT2D eigenvalue weighted by Gasteiger charge is -2.29. The summed E-state index contributed by atoms with van der Waals surface area (Å²) in [7, 11) is 0. The molecule has 0 N–H and O–H groups in total. The summed E-state index contributed by atoms with van der Waals surface area (Å²) in [6.07, 6.45) is 0. The molecule has 3 nitrogen and oxygen atoms in total. The molecule has 0 fully saturated rings. The summed E-state index contributed by atoms with van der Waals surface area (Å²) in [6.45, 7) is 0. The zero-order chi connectivity index (χ0) is 33.7. The number of benzene rings is 8. The Morgan fingerprint density at radius 1 is 0.314 bits per heavy atom. The van der Waals surface area contributed by atoms with Gasteiger partial charge in [0.1, 0.15) is 22.3 Å². The average Bonchev–Trinajstić information content (AvgIpc) is 3.78. The number of furan rings is 2. The van der Waals surface area contributed by atoms with Crippen molar-refractivity contribution in [2.45, 2.75) is 0 Å². The van der Waals surface area contributed by atoms with Crippen molar-refractivity contribution in [3.8, 4) is 33.4 Å². The Bertz CT molecular complexity index is 2850. The van der Waals surface area contributed by atoms with Crippen LogP contribution in [0.3, 0.4) is 0 Å². The number of para-hydroxylation sites is 2. The van der Waals surface area contributed by atoms with Gasteiger partial charge in [-0.05, 0) is 82.4 Å². The largest absolute Gasteiger partial charge is 0.456 e. The van der Waals surface area contributed by atoms with Crippen molar-refractivity contribution < 1.29 is 8.83 Å². The Labute approximate surface area is 295 Å². The van der Waals surface area contributed by atoms with Gasteiger partial charge in [0.2, 0.25) is 0 Å². The van der Waals surface area contributed by atoms with E-state index in [0.717, 1.165) is 77.6 Å². The molecule has 0 spiro atoms. The third-order valence-electron chi connectivity index (χ3n) is 9.87. The molecule has 2 heterocycles. The highest BCUT2D eigenvalue weighted by molar-refractivity contribution is 6.19. The molecular formula is C48H31NO2. The van der Waals surface area contributed by atoms with E-state index >= 15 is 0 Å². The molecule has 0 aliphatic heterocycles. The van der Waals surface area contributed by atoms with Gasteiger partial charge in [-0.2, -0.15) is 0 Å². The van der Waals surface area contributed by atoms with E-state index in [0.29, 0.717) is 0 Å². The second kappa shape index (κ2) is 11.9. The minimum atomic E-state index is 0.849. The summed E-state index contributed by atoms with van der Waals surface area (Å²) in [5, 5.41) is 4.32. The summed E-state index contributed by atoms with van der Waals surface area (Å²) in [6, 6.07) is 66.2. The normalized spacial score (nSPS) is 11.5. The number of hydrogen-bond donors (Lipinski definition) is 0. The molecule has 0 saturated carbocycles. The van der Waals surface area contributed by atoms with Crippen LogP contribution in [0.25, 0.3) is 77.3 Å². The average molecular weight is 654 g/mol. The predicted molar refractivity (Wildman–Crippen MR) is 212 cm³/mol. The summed E-state index contributed by atoms with van der Waals surface area (Å²) in [5.41, 5.74) is 13.5. The van der Waals surface area contributed by atoms with E-state index in [1.54, 1.807) is 0 Å². The molecule has 0 amide bonds. The molecule has 8 aromatic carbocycles. The molecule has 10 rings (SSSR count). The van der Waals surface area contributed by atoms with Crippen LogP contribution < -0.4 is 4.90 Å². The van der Waals surface area contributed by atoms with Gasteiger partial charge in [0.05, 0.1) is 16.8 Å². The van der Waals surface area contributed by atoms with Crippen molar-refractivity contribution in [3.05, 3.63) is 188 Å². The topological polar surface area (TPSA) is 29.5 Å². The zero-order valence-electron chi connectivity index (χ0n) is 27.7. The number of hydrogen-bond acceptors (Lipinski definition) is 3. The van der Waals surface area contributed by atoms with Gasteiger partial charge in [-0.3, -0.25) is 0 Å². The number of rotatable bonds is 6. The van der Waals surface area contributed by atoms with Gasteiger partial charge in [-0.25, -0.2) is 0 Å². The van der Waals surface area contributed by atoms with Crippen molar-refractivity contribution in [2.24, 2.45) is 0 Å². The molecule has 0 saturated heterocycles. The molecule has 0 radical (unpaired) electrons. The van der Waals surface area contributed by atoms with Crippen molar-refractivity contribution >= 4 is 60.9 Å². The van der Waals surface area contributed by atoms with Crippen LogP contribution in [0.2, 0.25) is 0 Å². The van der Waals surface area contributed by atoms with Crippen molar-refractivity contribution in [1.29, 1.82) is 0 Å². The third-order valence-corrected chi connectivity index (χ3v) is 9.87. The molecule has 0 bridgehead atoms. The molecule has 2 aromatic heterocycles. The molecule has 0 aliphatic rings. The summed E-state index contributed by atoms with van der Waals surface area (Å²) in [4.78, 5) is 2.39. The van der Waals surface area contributed by atoms with Gasteiger partial charge in [0.25, 0.3) is 0 Å². The fourth-order valence-electron chi connectivity index (χ4n) is 7.55. The van der Waals surface area contributed by atoms with Crippen molar-refractivity contribution in [2.75, 3.05) is 4.90 Å². The molecule has 0 unspecified atom stereocenters. The van der Waals surface area contributed by atoms with E-state index in [1.807, 2.05) is 18.2 Å². The number of fused-ring (bicyclic) bond motifs is 6. The second-order valence-electron chi connectivity index (χ2n) is 12.9. The minimum Gasteiger partial charge on any atom is -0.456 e. The van der Waals surface area contributed by atoms with Crippen LogP contribution in [-0.2, 0) is 0 Å². The molecule has 240 valence electrons. The molecule has 10 aromatic rings. The van der Waals surface area contributed by atoms with E-state index < -0.39 is 0 Å². The maximum absolute atomic E-state index is 6.52. The lowest BCUT2D eigenvalue weighted by atomic mass is 9.93. The van der Waals surface area contributed by atoms with Crippen LogP contribution in [0.15, 0.2) is 197 Å². The summed E-state index contributed by atoms with van der Waals surface area (Å²) >= 11 is 0. The third kappa shape index (κ3) is 4.90. The van der Waals surface area contributed by atoms with E-state index in [4.69, 9.17) is 8.83 Å². The van der Waals surface area contributed by atoms with Gasteiger partial charge in [0.15, 0.2) is 0 Å². The second-order valence-corrected chi connectivity index (χ2v) is 12.9. The first-order chi connectivity index (χ1) is 25.3. The standard InChI is InChI=1S/C48H31NO2/c1-3-13-32(14-4-1)34-25-27-37(28-26-34)49(40-21-12-24-44-47(40)38-19-7-9-22-42(38)50-44)41-29-30-45-48(39-20-8-10-23-43(39)51-45)46(41)36-18-11-17-35(31-36)33-15-5-2-6-16-33/h1-31H. The molecule has 0 aliphatic carbocycles. The van der Waals surface area contributed by atoms with Crippen LogP contribution in [-0.4, -0.2) is 0 Å². The van der Waals surface area contributed by atoms with Crippen LogP contribution in [0.1, 0.15) is 0 Å². The minimum absolute atomic E-state index is 0.849. The fraction of sp³-hybridized carbons (Fsp3) is 0. The highest BCUT2D eigenvalue weighted by Crippen LogP contribution is 2.50. The van der Waals surface area contributed by atoms with Crippen LogP contribution >= 0.6 is 0 Å². The molecule has 3 heteroatoms. The predicted octanol–water partition coefficient (Wildman–Crippen LogP) is 14.0. The first-order valence-electron chi connectivity index (χ1n) is 17.3. The monoisotopic (exact) mass is 653 g/mol. The highest BCUT2D eigenvalue weighted by Gasteiger charge is 2.25. The highest BCUT2D eigenvalue weighted by atomic mass is 16.3. The number of anilines is 3. The smallest absolute Gasteiger partial charge is 0.137 e. The van der Waals surface area contributed by atoms with E-state index in [-0.39, 0.29) is 0 Å². The summed E-state index contributed by atoms with van der Waals surface area (Å²) in [5.74, 6) is 0. The quantitative estimate of drug-likeness (QED) is 0.179. The number of nitrogens with zero attached hydrogens (tertiary/aromatic N) is 1. The maximum Gasteiger partial charge on any atom is 0.137 e. The Hall–Kier alpha value is -6.84. The Balaban J connectivity index is 1.30. The van der Waals surface area contributed by atoms with E-state index in [1.165, 1.54) is 16.7 Å². The lowest BCUT2D eigenvalue weighted by molar-refractivity contribution is 0.668. The van der Waals surface area contributed by atoms with Gasteiger partial charge in [-0.15, -0.1) is 0 Å². The first-order valence-corrected chi connectivity index (χ1v) is 17.3. The maximum atomic E-state index is 6.52. The van der Waals surface area contributed by atoms with E-state index in [2.05, 4.69) is 175 Å². The Morgan fingerprint density at radius 2 is 0.824 bits per heavy atom. The lowest BCUT2D eigenvalue weighted by Crippen LogP contribution is -2.12. The van der Waals surface area contributed by atoms with Gasteiger partial charge < -0.3 is 13.7 Å². The molecule has 51 heavy (non-hydrogen) atoms. The SMILES string of the molecule is c1ccc(-c2ccc(N(c3ccc4oc5ccccc5c4c3-c3cccc(-c4ccccc4)c3)c3cccc4oc5ccccc5c34)cc2)cc1. The van der Waals surface area contributed by atoms with Gasteiger partial charge in [-0.1, -0.05) is 133 Å². The van der Waals surface area contributed by atoms with Gasteiger partial charge in [0, 0.05) is 27.4 Å². The Kier molecular flexibility index (Phi) is 6.81. The van der Waals surface area contributed by atoms with Gasteiger partial charge >= 0.3 is 0 Å². The van der Waals surface area contributed by atoms with E-state index in [9.17, 15) is 0 Å². The summed E-state index contributed by atoms with van der Waals surface area (Å²) < 4.78 is 13.0. The first kappa shape index (κ1) is 29.1.